The molecule has 0 heterocycles. The van der Waals surface area contributed by atoms with Gasteiger partial charge in [0.2, 0.25) is 0 Å². The summed E-state index contributed by atoms with van der Waals surface area (Å²) in [6.45, 7) is 11.2. The first-order chi connectivity index (χ1) is 10.7. The van der Waals surface area contributed by atoms with E-state index in [4.69, 9.17) is 0 Å². The minimum atomic E-state index is 0.437. The Balaban J connectivity index is 2.67. The minimum absolute atomic E-state index is 0.437. The van der Waals surface area contributed by atoms with E-state index in [1.165, 1.54) is 5.56 Å². The van der Waals surface area contributed by atoms with Gasteiger partial charge in [0.25, 0.3) is 0 Å². The third kappa shape index (κ3) is 3.45. The normalized spacial score (nSPS) is 12.0. The molecule has 2 aromatic carbocycles. The van der Waals surface area contributed by atoms with Crippen molar-refractivity contribution in [2.24, 2.45) is 4.99 Å². The first-order valence-corrected chi connectivity index (χ1v) is 7.78. The standard InChI is InChI=1S/C20H24N2/c1-5-22-19(16-11-7-6-8-12-16)20(21-4)18-14-10-9-13-17(18)15(2)3/h6-15,22H,4-5H2,1-3H3/b20-19-. The van der Waals surface area contributed by atoms with E-state index in [2.05, 4.69) is 74.2 Å². The second kappa shape index (κ2) is 7.60. The molecule has 0 aliphatic carbocycles. The van der Waals surface area contributed by atoms with Crippen LogP contribution in [0.4, 0.5) is 0 Å². The summed E-state index contributed by atoms with van der Waals surface area (Å²) in [6, 6.07) is 18.7. The Kier molecular flexibility index (Phi) is 5.54. The van der Waals surface area contributed by atoms with E-state index in [0.29, 0.717) is 5.92 Å². The number of hydrogen-bond donors (Lipinski definition) is 1. The average molecular weight is 292 g/mol. The Morgan fingerprint density at radius 1 is 1.05 bits per heavy atom. The molecule has 0 fully saturated rings. The van der Waals surface area contributed by atoms with Crippen LogP contribution in [0.2, 0.25) is 0 Å². The van der Waals surface area contributed by atoms with Crippen molar-refractivity contribution in [1.29, 1.82) is 0 Å². The number of benzene rings is 2. The molecule has 2 rings (SSSR count). The molecule has 0 amide bonds. The third-order valence-corrected chi connectivity index (χ3v) is 3.65. The van der Waals surface area contributed by atoms with Crippen molar-refractivity contribution in [3.8, 4) is 0 Å². The Hall–Kier alpha value is -2.35. The van der Waals surface area contributed by atoms with E-state index in [1.807, 2.05) is 18.2 Å². The van der Waals surface area contributed by atoms with Crippen LogP contribution in [0.15, 0.2) is 59.6 Å². The van der Waals surface area contributed by atoms with Gasteiger partial charge in [-0.2, -0.15) is 0 Å². The van der Waals surface area contributed by atoms with Crippen LogP contribution < -0.4 is 5.32 Å². The van der Waals surface area contributed by atoms with Crippen molar-refractivity contribution in [1.82, 2.24) is 5.32 Å². The maximum absolute atomic E-state index is 4.36. The van der Waals surface area contributed by atoms with Crippen molar-refractivity contribution >= 4 is 18.1 Å². The molecule has 0 saturated heterocycles. The van der Waals surface area contributed by atoms with Gasteiger partial charge < -0.3 is 5.32 Å². The van der Waals surface area contributed by atoms with E-state index in [9.17, 15) is 0 Å². The van der Waals surface area contributed by atoms with Crippen LogP contribution in [0.5, 0.6) is 0 Å². The quantitative estimate of drug-likeness (QED) is 0.591. The van der Waals surface area contributed by atoms with Crippen LogP contribution in [0.25, 0.3) is 11.4 Å². The van der Waals surface area contributed by atoms with Gasteiger partial charge in [-0.1, -0.05) is 68.4 Å². The summed E-state index contributed by atoms with van der Waals surface area (Å²) < 4.78 is 0. The summed E-state index contributed by atoms with van der Waals surface area (Å²) in [5, 5.41) is 3.46. The molecule has 0 spiro atoms. The molecule has 2 aromatic rings. The molecule has 0 bridgehead atoms. The predicted octanol–water partition coefficient (Wildman–Crippen LogP) is 4.95. The van der Waals surface area contributed by atoms with Gasteiger partial charge in [-0.3, -0.25) is 4.99 Å². The minimum Gasteiger partial charge on any atom is -0.383 e. The highest BCUT2D eigenvalue weighted by molar-refractivity contribution is 5.91. The molecule has 0 aliphatic heterocycles. The fourth-order valence-corrected chi connectivity index (χ4v) is 2.62. The molecule has 0 radical (unpaired) electrons. The number of rotatable bonds is 6. The molecule has 1 N–H and O–H groups in total. The van der Waals surface area contributed by atoms with Crippen molar-refractivity contribution in [3.05, 3.63) is 71.3 Å². The molecular formula is C20H24N2. The molecule has 0 aliphatic rings. The smallest absolute Gasteiger partial charge is 0.0934 e. The molecule has 22 heavy (non-hydrogen) atoms. The number of nitrogens with zero attached hydrogens (tertiary/aromatic N) is 1. The maximum atomic E-state index is 4.36. The van der Waals surface area contributed by atoms with Gasteiger partial charge in [-0.15, -0.1) is 0 Å². The van der Waals surface area contributed by atoms with E-state index in [1.54, 1.807) is 0 Å². The lowest BCUT2D eigenvalue weighted by Crippen LogP contribution is -2.13. The van der Waals surface area contributed by atoms with Gasteiger partial charge >= 0.3 is 0 Å². The molecule has 0 saturated carbocycles. The molecule has 2 heteroatoms. The second-order valence-electron chi connectivity index (χ2n) is 5.52. The fourth-order valence-electron chi connectivity index (χ4n) is 2.62. The summed E-state index contributed by atoms with van der Waals surface area (Å²) >= 11 is 0. The maximum Gasteiger partial charge on any atom is 0.0934 e. The predicted molar refractivity (Wildman–Crippen MR) is 97.0 cm³/mol. The first kappa shape index (κ1) is 16.0. The van der Waals surface area contributed by atoms with Crippen molar-refractivity contribution in [3.63, 3.8) is 0 Å². The Bertz CT molecular complexity index is 654. The Labute approximate surface area is 133 Å². The van der Waals surface area contributed by atoms with E-state index >= 15 is 0 Å². The lowest BCUT2D eigenvalue weighted by Gasteiger charge is -2.18. The summed E-state index contributed by atoms with van der Waals surface area (Å²) in [7, 11) is 0. The summed E-state index contributed by atoms with van der Waals surface area (Å²) in [4.78, 5) is 4.36. The second-order valence-corrected chi connectivity index (χ2v) is 5.52. The van der Waals surface area contributed by atoms with Gasteiger partial charge in [0.1, 0.15) is 0 Å². The molecule has 0 unspecified atom stereocenters. The SMILES string of the molecule is C=N/C(=C(\NCC)c1ccccc1)c1ccccc1C(C)C. The molecule has 114 valence electrons. The zero-order valence-electron chi connectivity index (χ0n) is 13.6. The van der Waals surface area contributed by atoms with Crippen LogP contribution in [0.1, 0.15) is 43.4 Å². The molecular weight excluding hydrogens is 268 g/mol. The summed E-state index contributed by atoms with van der Waals surface area (Å²) in [6.07, 6.45) is 0. The van der Waals surface area contributed by atoms with Crippen LogP contribution >= 0.6 is 0 Å². The lowest BCUT2D eigenvalue weighted by molar-refractivity contribution is 0.861. The number of aliphatic imine (C=N–C) groups is 1. The monoisotopic (exact) mass is 292 g/mol. The zero-order chi connectivity index (χ0) is 15.9. The molecule has 2 nitrogen and oxygen atoms in total. The van der Waals surface area contributed by atoms with Gasteiger partial charge in [0, 0.05) is 12.1 Å². The van der Waals surface area contributed by atoms with Crippen molar-refractivity contribution in [2.75, 3.05) is 6.54 Å². The topological polar surface area (TPSA) is 24.4 Å². The van der Waals surface area contributed by atoms with Crippen molar-refractivity contribution < 1.29 is 0 Å². The number of hydrogen-bond acceptors (Lipinski definition) is 2. The third-order valence-electron chi connectivity index (χ3n) is 3.65. The molecule has 0 atom stereocenters. The average Bonchev–Trinajstić information content (AvgIpc) is 2.56. The van der Waals surface area contributed by atoms with E-state index in [-0.39, 0.29) is 0 Å². The zero-order valence-corrected chi connectivity index (χ0v) is 13.6. The fraction of sp³-hybridized carbons (Fsp3) is 0.250. The highest BCUT2D eigenvalue weighted by Crippen LogP contribution is 2.31. The van der Waals surface area contributed by atoms with Crippen LogP contribution in [-0.4, -0.2) is 13.3 Å². The highest BCUT2D eigenvalue weighted by atomic mass is 14.9. The number of nitrogens with one attached hydrogen (secondary N) is 1. The van der Waals surface area contributed by atoms with Gasteiger partial charge in [0.15, 0.2) is 0 Å². The van der Waals surface area contributed by atoms with Crippen molar-refractivity contribution in [2.45, 2.75) is 26.7 Å². The molecule has 0 aromatic heterocycles. The highest BCUT2D eigenvalue weighted by Gasteiger charge is 2.14. The van der Waals surface area contributed by atoms with Crippen LogP contribution in [-0.2, 0) is 0 Å². The van der Waals surface area contributed by atoms with Crippen LogP contribution in [0.3, 0.4) is 0 Å². The summed E-state index contributed by atoms with van der Waals surface area (Å²) in [5.74, 6) is 0.437. The summed E-state index contributed by atoms with van der Waals surface area (Å²) in [5.41, 5.74) is 5.51. The van der Waals surface area contributed by atoms with Gasteiger partial charge in [-0.05, 0) is 30.7 Å². The largest absolute Gasteiger partial charge is 0.383 e. The van der Waals surface area contributed by atoms with Crippen LogP contribution in [0, 0.1) is 0 Å². The van der Waals surface area contributed by atoms with E-state index < -0.39 is 0 Å². The van der Waals surface area contributed by atoms with Gasteiger partial charge in [0.05, 0.1) is 11.4 Å². The van der Waals surface area contributed by atoms with Gasteiger partial charge in [-0.25, -0.2) is 0 Å². The first-order valence-electron chi connectivity index (χ1n) is 7.78. The Morgan fingerprint density at radius 2 is 1.68 bits per heavy atom. The van der Waals surface area contributed by atoms with E-state index in [0.717, 1.165) is 29.1 Å². The Morgan fingerprint density at radius 3 is 2.27 bits per heavy atom. The lowest BCUT2D eigenvalue weighted by atomic mass is 9.93.